The van der Waals surface area contributed by atoms with Gasteiger partial charge in [-0.3, -0.25) is 4.79 Å². The number of nitrogens with zero attached hydrogens (tertiary/aromatic N) is 2. The number of aryl methyl sites for hydroxylation is 1. The molecule has 1 aliphatic carbocycles. The van der Waals surface area contributed by atoms with Gasteiger partial charge in [0, 0.05) is 6.04 Å². The predicted molar refractivity (Wildman–Crippen MR) is 74.8 cm³/mol. The van der Waals surface area contributed by atoms with Crippen LogP contribution in [0.2, 0.25) is 0 Å². The van der Waals surface area contributed by atoms with E-state index in [0.29, 0.717) is 22.9 Å². The van der Waals surface area contributed by atoms with Crippen molar-refractivity contribution in [1.29, 1.82) is 0 Å². The summed E-state index contributed by atoms with van der Waals surface area (Å²) < 4.78 is 0. The zero-order valence-corrected chi connectivity index (χ0v) is 12.2. The van der Waals surface area contributed by atoms with Crippen molar-refractivity contribution in [2.75, 3.05) is 0 Å². The molecule has 5 nitrogen and oxygen atoms in total. The summed E-state index contributed by atoms with van der Waals surface area (Å²) in [7, 11) is 0. The van der Waals surface area contributed by atoms with E-state index >= 15 is 0 Å². The van der Waals surface area contributed by atoms with Crippen molar-refractivity contribution in [3.8, 4) is 0 Å². The predicted octanol–water partition coefficient (Wildman–Crippen LogP) is 2.31. The van der Waals surface area contributed by atoms with Crippen LogP contribution in [0.25, 0.3) is 0 Å². The fourth-order valence-electron chi connectivity index (χ4n) is 3.60. The molecule has 108 valence electrons. The van der Waals surface area contributed by atoms with Crippen LogP contribution in [0.1, 0.15) is 47.5 Å². The van der Waals surface area contributed by atoms with E-state index < -0.39 is 12.0 Å². The minimum atomic E-state index is -0.880. The number of fused-ring (bicyclic) bond motifs is 1. The lowest BCUT2D eigenvalue weighted by atomic mass is 9.85. The first-order valence-electron chi connectivity index (χ1n) is 7.05. The standard InChI is InChI=1S/C14H18N2O3S/c1-8-12(20-7-15-8)13(17)16-10-5-3-2-4-9(10)6-11(16)14(18)19/h7,9-11H,2-6H2,1H3,(H,18,19). The van der Waals surface area contributed by atoms with Gasteiger partial charge in [-0.15, -0.1) is 11.3 Å². The van der Waals surface area contributed by atoms with Crippen LogP contribution in [-0.4, -0.2) is 39.0 Å². The summed E-state index contributed by atoms with van der Waals surface area (Å²) in [5, 5.41) is 9.44. The Balaban J connectivity index is 1.93. The number of carboxylic acids is 1. The van der Waals surface area contributed by atoms with E-state index in [1.165, 1.54) is 11.3 Å². The maximum absolute atomic E-state index is 12.7. The summed E-state index contributed by atoms with van der Waals surface area (Å²) in [5.41, 5.74) is 2.34. The third-order valence-electron chi connectivity index (χ3n) is 4.55. The smallest absolute Gasteiger partial charge is 0.326 e. The molecule has 3 rings (SSSR count). The zero-order valence-electron chi connectivity index (χ0n) is 11.4. The largest absolute Gasteiger partial charge is 0.480 e. The van der Waals surface area contributed by atoms with E-state index in [1.807, 2.05) is 0 Å². The maximum atomic E-state index is 12.7. The second kappa shape index (κ2) is 5.16. The Labute approximate surface area is 121 Å². The topological polar surface area (TPSA) is 70.5 Å². The maximum Gasteiger partial charge on any atom is 0.326 e. The van der Waals surface area contributed by atoms with E-state index in [1.54, 1.807) is 17.3 Å². The number of carboxylic acid groups (broad SMARTS) is 1. The number of likely N-dealkylation sites (tertiary alicyclic amines) is 1. The van der Waals surface area contributed by atoms with Crippen molar-refractivity contribution >= 4 is 23.2 Å². The van der Waals surface area contributed by atoms with Crippen molar-refractivity contribution in [2.24, 2.45) is 5.92 Å². The first-order chi connectivity index (χ1) is 9.59. The van der Waals surface area contributed by atoms with E-state index in [9.17, 15) is 14.7 Å². The fraction of sp³-hybridized carbons (Fsp3) is 0.643. The molecule has 6 heteroatoms. The van der Waals surface area contributed by atoms with Crippen LogP contribution in [0.3, 0.4) is 0 Å². The third kappa shape index (κ3) is 2.12. The summed E-state index contributed by atoms with van der Waals surface area (Å²) in [6.07, 6.45) is 4.80. The average molecular weight is 294 g/mol. The Morgan fingerprint density at radius 2 is 2.15 bits per heavy atom. The molecule has 3 unspecified atom stereocenters. The number of carbonyl (C=O) groups is 2. The molecule has 0 aromatic carbocycles. The van der Waals surface area contributed by atoms with Crippen LogP contribution in [0, 0.1) is 12.8 Å². The van der Waals surface area contributed by atoms with Gasteiger partial charge in [0.1, 0.15) is 10.9 Å². The summed E-state index contributed by atoms with van der Waals surface area (Å²) in [6.45, 7) is 1.80. The van der Waals surface area contributed by atoms with Gasteiger partial charge < -0.3 is 10.0 Å². The Morgan fingerprint density at radius 3 is 2.80 bits per heavy atom. The second-order valence-electron chi connectivity index (χ2n) is 5.68. The molecule has 0 bridgehead atoms. The molecule has 0 radical (unpaired) electrons. The molecule has 1 aromatic heterocycles. The lowest BCUT2D eigenvalue weighted by molar-refractivity contribution is -0.141. The highest BCUT2D eigenvalue weighted by molar-refractivity contribution is 7.11. The van der Waals surface area contributed by atoms with Crippen molar-refractivity contribution < 1.29 is 14.7 Å². The minimum Gasteiger partial charge on any atom is -0.480 e. The number of aliphatic carboxylic acids is 1. The quantitative estimate of drug-likeness (QED) is 0.908. The number of hydrogen-bond acceptors (Lipinski definition) is 4. The van der Waals surface area contributed by atoms with Gasteiger partial charge in [-0.25, -0.2) is 9.78 Å². The Bertz CT molecular complexity index is 542. The highest BCUT2D eigenvalue weighted by Gasteiger charge is 2.48. The van der Waals surface area contributed by atoms with Gasteiger partial charge in [-0.05, 0) is 32.1 Å². The van der Waals surface area contributed by atoms with Gasteiger partial charge in [0.2, 0.25) is 0 Å². The molecular weight excluding hydrogens is 276 g/mol. The lowest BCUT2D eigenvalue weighted by Crippen LogP contribution is -2.46. The molecule has 20 heavy (non-hydrogen) atoms. The number of thiazole rings is 1. The summed E-state index contributed by atoms with van der Waals surface area (Å²) in [5.74, 6) is -0.677. The lowest BCUT2D eigenvalue weighted by Gasteiger charge is -2.32. The molecule has 1 aromatic rings. The van der Waals surface area contributed by atoms with Gasteiger partial charge in [-0.1, -0.05) is 12.8 Å². The summed E-state index contributed by atoms with van der Waals surface area (Å²) >= 11 is 1.30. The molecule has 2 heterocycles. The number of hydrogen-bond donors (Lipinski definition) is 1. The number of carbonyl (C=O) groups excluding carboxylic acids is 1. The Kier molecular flexibility index (Phi) is 3.50. The van der Waals surface area contributed by atoms with Gasteiger partial charge >= 0.3 is 5.97 Å². The molecule has 1 saturated carbocycles. The number of aromatic nitrogens is 1. The van der Waals surface area contributed by atoms with Gasteiger partial charge in [0.05, 0.1) is 11.2 Å². The summed E-state index contributed by atoms with van der Waals surface area (Å²) in [4.78, 5) is 30.6. The monoisotopic (exact) mass is 294 g/mol. The highest BCUT2D eigenvalue weighted by atomic mass is 32.1. The number of amides is 1. The molecule has 0 spiro atoms. The van der Waals surface area contributed by atoms with Crippen LogP contribution in [0.5, 0.6) is 0 Å². The minimum absolute atomic E-state index is 0.0962. The zero-order chi connectivity index (χ0) is 14.3. The van der Waals surface area contributed by atoms with E-state index in [4.69, 9.17) is 0 Å². The van der Waals surface area contributed by atoms with Crippen molar-refractivity contribution in [3.63, 3.8) is 0 Å². The van der Waals surface area contributed by atoms with E-state index in [2.05, 4.69) is 4.98 Å². The second-order valence-corrected chi connectivity index (χ2v) is 6.54. The Morgan fingerprint density at radius 1 is 1.40 bits per heavy atom. The molecule has 3 atom stereocenters. The molecule has 2 fully saturated rings. The van der Waals surface area contributed by atoms with Crippen molar-refractivity contribution in [1.82, 2.24) is 9.88 Å². The van der Waals surface area contributed by atoms with Gasteiger partial charge in [0.15, 0.2) is 0 Å². The molecule has 1 aliphatic heterocycles. The van der Waals surface area contributed by atoms with Gasteiger partial charge in [0.25, 0.3) is 5.91 Å². The molecular formula is C14H18N2O3S. The van der Waals surface area contributed by atoms with Crippen LogP contribution < -0.4 is 0 Å². The fourth-order valence-corrected chi connectivity index (χ4v) is 4.34. The average Bonchev–Trinajstić information content (AvgIpc) is 3.01. The normalized spacial score (nSPS) is 29.2. The SMILES string of the molecule is Cc1ncsc1C(=O)N1C(C(=O)O)CC2CCCCC21. The van der Waals surface area contributed by atoms with Crippen molar-refractivity contribution in [3.05, 3.63) is 16.1 Å². The van der Waals surface area contributed by atoms with Crippen LogP contribution in [0.4, 0.5) is 0 Å². The third-order valence-corrected chi connectivity index (χ3v) is 5.46. The molecule has 2 aliphatic rings. The first-order valence-corrected chi connectivity index (χ1v) is 7.93. The summed E-state index contributed by atoms with van der Waals surface area (Å²) in [6, 6.07) is -0.573. The molecule has 1 saturated heterocycles. The van der Waals surface area contributed by atoms with E-state index in [0.717, 1.165) is 25.7 Å². The van der Waals surface area contributed by atoms with Crippen LogP contribution in [-0.2, 0) is 4.79 Å². The Hall–Kier alpha value is -1.43. The van der Waals surface area contributed by atoms with Crippen LogP contribution >= 0.6 is 11.3 Å². The highest BCUT2D eigenvalue weighted by Crippen LogP contribution is 2.41. The van der Waals surface area contributed by atoms with Crippen LogP contribution in [0.15, 0.2) is 5.51 Å². The van der Waals surface area contributed by atoms with Gasteiger partial charge in [-0.2, -0.15) is 0 Å². The van der Waals surface area contributed by atoms with Crippen molar-refractivity contribution in [2.45, 2.75) is 51.1 Å². The molecule has 1 amide bonds. The molecule has 1 N–H and O–H groups in total. The van der Waals surface area contributed by atoms with E-state index in [-0.39, 0.29) is 11.9 Å². The first kappa shape index (κ1) is 13.5. The number of rotatable bonds is 2.